The van der Waals surface area contributed by atoms with Gasteiger partial charge in [0, 0.05) is 36.2 Å². The number of urea groups is 1. The Kier molecular flexibility index (Phi) is 4.76. The minimum atomic E-state index is -0.516. The molecule has 0 radical (unpaired) electrons. The van der Waals surface area contributed by atoms with Crippen molar-refractivity contribution in [1.29, 1.82) is 0 Å². The topological polar surface area (TPSA) is 66.4 Å². The van der Waals surface area contributed by atoms with Crippen molar-refractivity contribution in [1.82, 2.24) is 15.2 Å². The van der Waals surface area contributed by atoms with Crippen LogP contribution >= 0.6 is 11.6 Å². The van der Waals surface area contributed by atoms with Crippen molar-refractivity contribution < 1.29 is 9.59 Å². The van der Waals surface area contributed by atoms with E-state index in [1.165, 1.54) is 0 Å². The zero-order valence-corrected chi connectivity index (χ0v) is 14.1. The minimum Gasteiger partial charge on any atom is -0.353 e. The molecule has 2 heterocycles. The average molecular weight is 347 g/mol. The van der Waals surface area contributed by atoms with Crippen LogP contribution in [0.2, 0.25) is 5.02 Å². The number of hydrogen-bond donors (Lipinski definition) is 2. The van der Waals surface area contributed by atoms with Crippen molar-refractivity contribution in [2.75, 3.05) is 11.4 Å². The molecule has 126 valence electrons. The van der Waals surface area contributed by atoms with E-state index >= 15 is 0 Å². The second-order valence-electron chi connectivity index (χ2n) is 5.75. The number of halogens is 1. The summed E-state index contributed by atoms with van der Waals surface area (Å²) in [5.74, 6) is -0.119. The Morgan fingerprint density at radius 3 is 2.88 bits per heavy atom. The first-order chi connectivity index (χ1) is 11.5. The number of benzene rings is 1. The van der Waals surface area contributed by atoms with Gasteiger partial charge in [0.15, 0.2) is 0 Å². The number of carbonyl (C=O) groups excluding carboxylic acids is 2. The average Bonchev–Trinajstić information content (AvgIpc) is 3.12. The number of nitrogens with zero attached hydrogens (tertiary/aromatic N) is 2. The number of anilines is 1. The van der Waals surface area contributed by atoms with Crippen LogP contribution in [-0.4, -0.2) is 29.1 Å². The van der Waals surface area contributed by atoms with Crippen molar-refractivity contribution in [3.63, 3.8) is 0 Å². The summed E-state index contributed by atoms with van der Waals surface area (Å²) in [6.45, 7) is 0.968. The molecule has 0 aliphatic carbocycles. The van der Waals surface area contributed by atoms with Gasteiger partial charge in [-0.3, -0.25) is 4.79 Å². The number of carbonyl (C=O) groups is 2. The second kappa shape index (κ2) is 6.97. The van der Waals surface area contributed by atoms with E-state index in [2.05, 4.69) is 10.6 Å². The van der Waals surface area contributed by atoms with Gasteiger partial charge in [0.1, 0.15) is 6.04 Å². The summed E-state index contributed by atoms with van der Waals surface area (Å²) < 4.78 is 1.93. The van der Waals surface area contributed by atoms with Gasteiger partial charge in [0.25, 0.3) is 0 Å². The highest BCUT2D eigenvalue weighted by Crippen LogP contribution is 2.24. The smallest absolute Gasteiger partial charge is 0.315 e. The van der Waals surface area contributed by atoms with Crippen LogP contribution in [0.15, 0.2) is 42.6 Å². The molecule has 1 aromatic carbocycles. The Bertz CT molecular complexity index is 759. The first-order valence-corrected chi connectivity index (χ1v) is 8.14. The number of nitrogens with one attached hydrogen (secondary N) is 2. The van der Waals surface area contributed by atoms with Crippen molar-refractivity contribution in [3.05, 3.63) is 53.3 Å². The maximum atomic E-state index is 12.5. The molecule has 0 bridgehead atoms. The summed E-state index contributed by atoms with van der Waals surface area (Å²) in [6, 6.07) is 10.1. The lowest BCUT2D eigenvalue weighted by Crippen LogP contribution is -2.46. The number of hydrogen-bond acceptors (Lipinski definition) is 2. The zero-order chi connectivity index (χ0) is 17.1. The Morgan fingerprint density at radius 2 is 2.17 bits per heavy atom. The lowest BCUT2D eigenvalue weighted by Gasteiger charge is -2.17. The lowest BCUT2D eigenvalue weighted by atomic mass is 10.2. The standard InChI is InChI=1S/C17H19ClN4O2/c1-21-8-3-6-14(21)11-19-17(24)20-15-7-9-22(16(15)23)13-5-2-4-12(18)10-13/h2-6,8,10,15H,7,9,11H2,1H3,(H2,19,20,24)/t15-/m0/s1. The van der Waals surface area contributed by atoms with Gasteiger partial charge in [0.05, 0.1) is 6.54 Å². The molecule has 2 N–H and O–H groups in total. The van der Waals surface area contributed by atoms with Crippen molar-refractivity contribution in [3.8, 4) is 0 Å². The third kappa shape index (κ3) is 3.54. The van der Waals surface area contributed by atoms with E-state index < -0.39 is 6.04 Å². The van der Waals surface area contributed by atoms with E-state index in [4.69, 9.17) is 11.6 Å². The van der Waals surface area contributed by atoms with Crippen LogP contribution in [0.1, 0.15) is 12.1 Å². The molecule has 3 amide bonds. The number of rotatable bonds is 4. The predicted octanol–water partition coefficient (Wildman–Crippen LogP) is 2.28. The maximum absolute atomic E-state index is 12.5. The van der Waals surface area contributed by atoms with E-state index in [0.717, 1.165) is 11.4 Å². The maximum Gasteiger partial charge on any atom is 0.315 e. The van der Waals surface area contributed by atoms with E-state index in [1.54, 1.807) is 23.1 Å². The van der Waals surface area contributed by atoms with Crippen LogP contribution in [0.3, 0.4) is 0 Å². The number of aromatic nitrogens is 1. The van der Waals surface area contributed by atoms with Crippen molar-refractivity contribution in [2.24, 2.45) is 7.05 Å². The molecule has 3 rings (SSSR count). The molecule has 0 spiro atoms. The Hall–Kier alpha value is -2.47. The fourth-order valence-electron chi connectivity index (χ4n) is 2.77. The van der Waals surface area contributed by atoms with Gasteiger partial charge in [-0.2, -0.15) is 0 Å². The quantitative estimate of drug-likeness (QED) is 0.892. The largest absolute Gasteiger partial charge is 0.353 e. The molecule has 0 unspecified atom stereocenters. The second-order valence-corrected chi connectivity index (χ2v) is 6.18. The van der Waals surface area contributed by atoms with E-state index in [1.807, 2.05) is 36.0 Å². The minimum absolute atomic E-state index is 0.119. The van der Waals surface area contributed by atoms with Gasteiger partial charge in [0.2, 0.25) is 5.91 Å². The summed E-state index contributed by atoms with van der Waals surface area (Å²) in [5, 5.41) is 6.10. The summed E-state index contributed by atoms with van der Waals surface area (Å²) in [5.41, 5.74) is 1.74. The van der Waals surface area contributed by atoms with Gasteiger partial charge < -0.3 is 20.1 Å². The molecular weight excluding hydrogens is 328 g/mol. The third-order valence-electron chi connectivity index (χ3n) is 4.11. The van der Waals surface area contributed by atoms with Crippen LogP contribution in [-0.2, 0) is 18.4 Å². The first kappa shape index (κ1) is 16.4. The molecule has 7 heteroatoms. The van der Waals surface area contributed by atoms with Crippen molar-refractivity contribution in [2.45, 2.75) is 19.0 Å². The number of aryl methyl sites for hydroxylation is 1. The molecule has 2 aromatic rings. The van der Waals surface area contributed by atoms with Gasteiger partial charge >= 0.3 is 6.03 Å². The summed E-state index contributed by atoms with van der Waals surface area (Å²) in [4.78, 5) is 26.1. The summed E-state index contributed by atoms with van der Waals surface area (Å²) >= 11 is 5.97. The van der Waals surface area contributed by atoms with Crippen LogP contribution in [0.5, 0.6) is 0 Å². The van der Waals surface area contributed by atoms with Gasteiger partial charge in [-0.15, -0.1) is 0 Å². The third-order valence-corrected chi connectivity index (χ3v) is 4.35. The monoisotopic (exact) mass is 346 g/mol. The van der Waals surface area contributed by atoms with Crippen LogP contribution in [0.25, 0.3) is 0 Å². The normalized spacial score (nSPS) is 17.2. The molecule has 1 saturated heterocycles. The van der Waals surface area contributed by atoms with Gasteiger partial charge in [-0.05, 0) is 36.8 Å². The van der Waals surface area contributed by atoms with Crippen LogP contribution in [0.4, 0.5) is 10.5 Å². The molecule has 1 aromatic heterocycles. The highest BCUT2D eigenvalue weighted by molar-refractivity contribution is 6.31. The molecule has 1 aliphatic rings. The molecule has 1 aliphatic heterocycles. The molecule has 24 heavy (non-hydrogen) atoms. The molecule has 1 atom stereocenters. The van der Waals surface area contributed by atoms with Crippen LogP contribution < -0.4 is 15.5 Å². The van der Waals surface area contributed by atoms with E-state index in [-0.39, 0.29) is 11.9 Å². The molecule has 1 fully saturated rings. The highest BCUT2D eigenvalue weighted by atomic mass is 35.5. The Balaban J connectivity index is 1.55. The Labute approximate surface area is 145 Å². The fraction of sp³-hybridized carbons (Fsp3) is 0.294. The van der Waals surface area contributed by atoms with Gasteiger partial charge in [-0.25, -0.2) is 4.79 Å². The SMILES string of the molecule is Cn1cccc1CNC(=O)N[C@H]1CCN(c2cccc(Cl)c2)C1=O. The predicted molar refractivity (Wildman–Crippen MR) is 93.0 cm³/mol. The van der Waals surface area contributed by atoms with E-state index in [0.29, 0.717) is 24.5 Å². The molecule has 6 nitrogen and oxygen atoms in total. The highest BCUT2D eigenvalue weighted by Gasteiger charge is 2.33. The fourth-order valence-corrected chi connectivity index (χ4v) is 2.96. The molecule has 0 saturated carbocycles. The van der Waals surface area contributed by atoms with E-state index in [9.17, 15) is 9.59 Å². The van der Waals surface area contributed by atoms with Crippen LogP contribution in [0, 0.1) is 0 Å². The first-order valence-electron chi connectivity index (χ1n) is 7.76. The summed E-state index contributed by atoms with van der Waals surface area (Å²) in [7, 11) is 1.91. The van der Waals surface area contributed by atoms with Crippen molar-refractivity contribution >= 4 is 29.2 Å². The summed E-state index contributed by atoms with van der Waals surface area (Å²) in [6.07, 6.45) is 2.49. The zero-order valence-electron chi connectivity index (χ0n) is 13.3. The molecular formula is C17H19ClN4O2. The number of amides is 3. The lowest BCUT2D eigenvalue weighted by molar-refractivity contribution is -0.118. The Morgan fingerprint density at radius 1 is 1.33 bits per heavy atom. The van der Waals surface area contributed by atoms with Gasteiger partial charge in [-0.1, -0.05) is 17.7 Å².